The lowest BCUT2D eigenvalue weighted by atomic mass is 10.1. The topological polar surface area (TPSA) is 111 Å². The molecule has 10 heteroatoms. The zero-order valence-electron chi connectivity index (χ0n) is 35.7. The van der Waals surface area contributed by atoms with Crippen LogP contribution in [0.1, 0.15) is 194 Å². The van der Waals surface area contributed by atoms with Crippen molar-refractivity contribution in [3.63, 3.8) is 0 Å². The van der Waals surface area contributed by atoms with Gasteiger partial charge in [-0.05, 0) is 57.8 Å². The Balaban J connectivity index is 4.37. The minimum atomic E-state index is -4.63. The molecule has 0 amide bonds. The number of hydrogen-bond donors (Lipinski definition) is 0. The van der Waals surface area contributed by atoms with E-state index in [1.54, 1.807) is 0 Å². The summed E-state index contributed by atoms with van der Waals surface area (Å²) in [7, 11) is 1.16. The molecule has 0 saturated heterocycles. The summed E-state index contributed by atoms with van der Waals surface area (Å²) in [6.45, 7) is 4.18. The Morgan fingerprint density at radius 1 is 0.556 bits per heavy atom. The normalized spacial score (nSPS) is 13.8. The molecule has 9 nitrogen and oxygen atoms in total. The molecule has 0 spiro atoms. The van der Waals surface area contributed by atoms with Crippen LogP contribution in [0.2, 0.25) is 0 Å². The first kappa shape index (κ1) is 52.5. The molecule has 2 atom stereocenters. The van der Waals surface area contributed by atoms with Gasteiger partial charge in [-0.2, -0.15) is 0 Å². The summed E-state index contributed by atoms with van der Waals surface area (Å²) >= 11 is 0. The average molecular weight is 786 g/mol. The predicted molar refractivity (Wildman–Crippen MR) is 222 cm³/mol. The second kappa shape index (κ2) is 37.1. The Morgan fingerprint density at radius 2 is 0.963 bits per heavy atom. The van der Waals surface area contributed by atoms with Gasteiger partial charge in [0.15, 0.2) is 6.10 Å². The van der Waals surface area contributed by atoms with Gasteiger partial charge < -0.3 is 27.9 Å². The molecule has 0 heterocycles. The fourth-order valence-electron chi connectivity index (χ4n) is 5.92. The van der Waals surface area contributed by atoms with Crippen LogP contribution >= 0.6 is 7.82 Å². The van der Waals surface area contributed by atoms with Crippen LogP contribution < -0.4 is 4.89 Å². The monoisotopic (exact) mass is 786 g/mol. The highest BCUT2D eigenvalue weighted by Crippen LogP contribution is 2.38. The van der Waals surface area contributed by atoms with Crippen molar-refractivity contribution >= 4 is 19.8 Å². The van der Waals surface area contributed by atoms with Crippen LogP contribution in [0.5, 0.6) is 0 Å². The zero-order valence-corrected chi connectivity index (χ0v) is 36.6. The zero-order chi connectivity index (χ0) is 40.0. The number of allylic oxidation sites excluding steroid dienone is 4. The van der Waals surface area contributed by atoms with E-state index in [0.717, 1.165) is 38.5 Å². The van der Waals surface area contributed by atoms with E-state index in [1.165, 1.54) is 122 Å². The van der Waals surface area contributed by atoms with Crippen LogP contribution in [0.4, 0.5) is 0 Å². The molecule has 0 bridgehead atoms. The molecule has 318 valence electrons. The fourth-order valence-corrected chi connectivity index (χ4v) is 6.65. The Hall–Kier alpha value is -1.51. The van der Waals surface area contributed by atoms with Gasteiger partial charge >= 0.3 is 11.9 Å². The van der Waals surface area contributed by atoms with E-state index >= 15 is 0 Å². The SMILES string of the molecule is CCCC/C=C/CCCCCCCCCCCC(=O)OC[C@H](COP(=O)([O-])OCC[N+](C)(C)C)OC(=O)CCCC/C=C/CCCCCCCCCCC. The minimum Gasteiger partial charge on any atom is -0.756 e. The standard InChI is InChI=1S/C44H84NO8P/c1-6-8-10-12-14-16-18-20-22-24-26-28-30-32-34-36-43(46)50-40-42(41-52-54(48,49)51-39-38-45(3,4)5)53-44(47)37-35-33-31-29-27-25-23-21-19-17-15-13-11-9-7-2/h12,14,27,29,42H,6-11,13,15-26,28,30-41H2,1-5H3/b14-12+,29-27+/t42-/m1/s1. The first-order valence-electron chi connectivity index (χ1n) is 22.0. The van der Waals surface area contributed by atoms with Gasteiger partial charge in [0.2, 0.25) is 0 Å². The van der Waals surface area contributed by atoms with Gasteiger partial charge in [-0.15, -0.1) is 0 Å². The number of carbonyl (C=O) groups is 2. The van der Waals surface area contributed by atoms with Crippen molar-refractivity contribution in [2.45, 2.75) is 200 Å². The molecule has 0 saturated carbocycles. The molecule has 54 heavy (non-hydrogen) atoms. The summed E-state index contributed by atoms with van der Waals surface area (Å²) in [4.78, 5) is 37.5. The summed E-state index contributed by atoms with van der Waals surface area (Å²) < 4.78 is 33.9. The quantitative estimate of drug-likeness (QED) is 0.0198. The highest BCUT2D eigenvalue weighted by molar-refractivity contribution is 7.45. The molecule has 0 rings (SSSR count). The van der Waals surface area contributed by atoms with Crippen molar-refractivity contribution in [1.82, 2.24) is 0 Å². The summed E-state index contributed by atoms with van der Waals surface area (Å²) in [5.74, 6) is -0.859. The van der Waals surface area contributed by atoms with E-state index in [-0.39, 0.29) is 26.1 Å². The molecule has 0 fully saturated rings. The van der Waals surface area contributed by atoms with Crippen molar-refractivity contribution in [2.24, 2.45) is 0 Å². The summed E-state index contributed by atoms with van der Waals surface area (Å²) in [5, 5.41) is 0. The molecule has 0 aliphatic rings. The van der Waals surface area contributed by atoms with Crippen LogP contribution in [0.3, 0.4) is 0 Å². The highest BCUT2D eigenvalue weighted by Gasteiger charge is 2.21. The van der Waals surface area contributed by atoms with Crippen LogP contribution in [0, 0.1) is 0 Å². The Bertz CT molecular complexity index is 980. The van der Waals surface area contributed by atoms with Gasteiger partial charge in [0.25, 0.3) is 7.82 Å². The van der Waals surface area contributed by atoms with Crippen molar-refractivity contribution in [2.75, 3.05) is 47.5 Å². The third-order valence-electron chi connectivity index (χ3n) is 9.44. The Labute approximate surface area is 332 Å². The number of likely N-dealkylation sites (N-methyl/N-ethyl adjacent to an activating group) is 1. The first-order chi connectivity index (χ1) is 26.0. The van der Waals surface area contributed by atoms with Crippen LogP contribution in [-0.2, 0) is 32.7 Å². The first-order valence-corrected chi connectivity index (χ1v) is 23.5. The third-order valence-corrected chi connectivity index (χ3v) is 10.4. The van der Waals surface area contributed by atoms with Gasteiger partial charge in [0.1, 0.15) is 19.8 Å². The molecule has 0 aliphatic carbocycles. The van der Waals surface area contributed by atoms with E-state index in [1.807, 2.05) is 21.1 Å². The average Bonchev–Trinajstić information content (AvgIpc) is 3.12. The Morgan fingerprint density at radius 3 is 1.46 bits per heavy atom. The second-order valence-corrected chi connectivity index (χ2v) is 17.5. The predicted octanol–water partition coefficient (Wildman–Crippen LogP) is 11.7. The van der Waals surface area contributed by atoms with Crippen LogP contribution in [0.15, 0.2) is 24.3 Å². The van der Waals surface area contributed by atoms with E-state index in [4.69, 9.17) is 18.5 Å². The van der Waals surface area contributed by atoms with Gasteiger partial charge in [-0.1, -0.05) is 147 Å². The third kappa shape index (κ3) is 40.2. The molecular formula is C44H84NO8P. The smallest absolute Gasteiger partial charge is 0.306 e. The number of ether oxygens (including phenoxy) is 2. The van der Waals surface area contributed by atoms with Crippen LogP contribution in [0.25, 0.3) is 0 Å². The van der Waals surface area contributed by atoms with Gasteiger partial charge in [0.05, 0.1) is 27.7 Å². The van der Waals surface area contributed by atoms with E-state index < -0.39 is 32.5 Å². The van der Waals surface area contributed by atoms with Gasteiger partial charge in [0, 0.05) is 12.8 Å². The highest BCUT2D eigenvalue weighted by atomic mass is 31.2. The maximum atomic E-state index is 12.6. The molecular weight excluding hydrogens is 701 g/mol. The summed E-state index contributed by atoms with van der Waals surface area (Å²) in [6, 6.07) is 0. The van der Waals surface area contributed by atoms with Crippen molar-refractivity contribution in [1.29, 1.82) is 0 Å². The van der Waals surface area contributed by atoms with Gasteiger partial charge in [-0.25, -0.2) is 0 Å². The van der Waals surface area contributed by atoms with E-state index in [0.29, 0.717) is 17.4 Å². The second-order valence-electron chi connectivity index (χ2n) is 16.1. The fraction of sp³-hybridized carbons (Fsp3) is 0.864. The number of phosphoric acid groups is 1. The molecule has 0 aliphatic heterocycles. The number of esters is 2. The summed E-state index contributed by atoms with van der Waals surface area (Å²) in [6.07, 6.45) is 39.2. The molecule has 0 aromatic carbocycles. The lowest BCUT2D eigenvalue weighted by molar-refractivity contribution is -0.870. The number of carbonyl (C=O) groups excluding carboxylic acids is 2. The number of phosphoric ester groups is 1. The number of nitrogens with zero attached hydrogens (tertiary/aromatic N) is 1. The largest absolute Gasteiger partial charge is 0.756 e. The molecule has 0 aromatic heterocycles. The van der Waals surface area contributed by atoms with Gasteiger partial charge in [-0.3, -0.25) is 14.2 Å². The number of quaternary nitrogens is 1. The maximum Gasteiger partial charge on any atom is 0.306 e. The maximum absolute atomic E-state index is 12.6. The van der Waals surface area contributed by atoms with E-state index in [9.17, 15) is 19.0 Å². The lowest BCUT2D eigenvalue weighted by Gasteiger charge is -2.28. The number of rotatable bonds is 40. The molecule has 1 unspecified atom stereocenters. The van der Waals surface area contributed by atoms with E-state index in [2.05, 4.69) is 38.2 Å². The van der Waals surface area contributed by atoms with Crippen molar-refractivity contribution in [3.8, 4) is 0 Å². The lowest BCUT2D eigenvalue weighted by Crippen LogP contribution is -2.37. The van der Waals surface area contributed by atoms with Crippen molar-refractivity contribution < 1.29 is 42.1 Å². The summed E-state index contributed by atoms with van der Waals surface area (Å²) in [5.41, 5.74) is 0. The minimum absolute atomic E-state index is 0.0333. The number of unbranched alkanes of at least 4 members (excludes halogenated alkanes) is 22. The van der Waals surface area contributed by atoms with Crippen molar-refractivity contribution in [3.05, 3.63) is 24.3 Å². The Kier molecular flexibility index (Phi) is 36.1. The molecule has 0 N–H and O–H groups in total. The molecule has 0 aromatic rings. The molecule has 0 radical (unpaired) electrons. The van der Waals surface area contributed by atoms with Crippen LogP contribution in [-0.4, -0.2) is 70.0 Å². The number of hydrogen-bond acceptors (Lipinski definition) is 8.